The molecule has 0 aliphatic rings. The molecule has 2 atom stereocenters. The van der Waals surface area contributed by atoms with Crippen LogP contribution >= 0.6 is 22.6 Å². The highest BCUT2D eigenvalue weighted by atomic mass is 127. The molecule has 0 unspecified atom stereocenters. The van der Waals surface area contributed by atoms with E-state index < -0.39 is 10.1 Å². The van der Waals surface area contributed by atoms with Crippen molar-refractivity contribution in [2.24, 2.45) is 11.8 Å². The Labute approximate surface area is 246 Å². The largest absolute Gasteiger partial charge is 1.00 e. The molecule has 212 valence electrons. The smallest absolute Gasteiger partial charge is 0.296 e. The van der Waals surface area contributed by atoms with Crippen molar-refractivity contribution in [1.29, 1.82) is 0 Å². The number of aryl methyl sites for hydroxylation is 1. The maximum absolute atomic E-state index is 11.7. The van der Waals surface area contributed by atoms with Crippen molar-refractivity contribution in [2.45, 2.75) is 105 Å². The van der Waals surface area contributed by atoms with Gasteiger partial charge in [-0.25, -0.2) is 0 Å². The van der Waals surface area contributed by atoms with Crippen LogP contribution in [0.2, 0.25) is 0 Å². The Balaban J connectivity index is -0.000000211. The highest BCUT2D eigenvalue weighted by molar-refractivity contribution is 14.1. The van der Waals surface area contributed by atoms with E-state index in [0.29, 0.717) is 12.3 Å². The summed E-state index contributed by atoms with van der Waals surface area (Å²) >= 11 is 2.40. The van der Waals surface area contributed by atoms with Gasteiger partial charge in [0, 0.05) is 6.61 Å². The van der Waals surface area contributed by atoms with Gasteiger partial charge in [0.15, 0.2) is 0 Å². The minimum absolute atomic E-state index is 0. The van der Waals surface area contributed by atoms with E-state index in [2.05, 4.69) is 43.4 Å². The zero-order chi connectivity index (χ0) is 27.2. The second kappa shape index (κ2) is 27.5. The molecule has 1 rings (SSSR count). The van der Waals surface area contributed by atoms with Crippen LogP contribution in [0.4, 0.5) is 0 Å². The molecular formula is C26H51I2O6S-. The van der Waals surface area contributed by atoms with E-state index in [1.54, 1.807) is 31.2 Å². The van der Waals surface area contributed by atoms with Gasteiger partial charge in [0.2, 0.25) is 0 Å². The van der Waals surface area contributed by atoms with Crippen molar-refractivity contribution in [3.05, 3.63) is 29.8 Å². The molecule has 0 radical (unpaired) electrons. The van der Waals surface area contributed by atoms with E-state index in [0.717, 1.165) is 30.7 Å². The minimum Gasteiger partial charge on any atom is -1.00 e. The fourth-order valence-electron chi connectivity index (χ4n) is 1.99. The summed E-state index contributed by atoms with van der Waals surface area (Å²) < 4.78 is 29.6. The predicted octanol–water partition coefficient (Wildman–Crippen LogP) is 3.13. The van der Waals surface area contributed by atoms with Gasteiger partial charge < -0.3 is 39.3 Å². The maximum atomic E-state index is 11.7. The number of hydrogen-bond donors (Lipinski definition) is 3. The van der Waals surface area contributed by atoms with Crippen molar-refractivity contribution in [3.8, 4) is 0 Å². The number of hydrogen-bond acceptors (Lipinski definition) is 6. The van der Waals surface area contributed by atoms with Gasteiger partial charge in [0.1, 0.15) is 0 Å². The van der Waals surface area contributed by atoms with Gasteiger partial charge in [-0.1, -0.05) is 81.3 Å². The average molecular weight is 746 g/mol. The molecule has 0 amide bonds. The zero-order valence-corrected chi connectivity index (χ0v) is 28.1. The molecule has 9 heteroatoms. The van der Waals surface area contributed by atoms with E-state index in [1.165, 1.54) is 10.8 Å². The van der Waals surface area contributed by atoms with E-state index in [1.807, 2.05) is 27.7 Å². The van der Waals surface area contributed by atoms with E-state index >= 15 is 0 Å². The van der Waals surface area contributed by atoms with Crippen molar-refractivity contribution >= 4 is 32.7 Å². The molecule has 3 N–H and O–H groups in total. The summed E-state index contributed by atoms with van der Waals surface area (Å²) in [5, 5.41) is 25.0. The van der Waals surface area contributed by atoms with Crippen LogP contribution in [-0.2, 0) is 14.3 Å². The molecule has 0 saturated carbocycles. The molecule has 1 aromatic rings. The van der Waals surface area contributed by atoms with E-state index in [-0.39, 0.29) is 54.3 Å². The van der Waals surface area contributed by atoms with Crippen LogP contribution in [0.1, 0.15) is 86.1 Å². The lowest BCUT2D eigenvalue weighted by Crippen LogP contribution is -3.00. The molecule has 0 aliphatic carbocycles. The van der Waals surface area contributed by atoms with Gasteiger partial charge in [-0.05, 0) is 74.9 Å². The lowest BCUT2D eigenvalue weighted by atomic mass is 10.2. The molecule has 0 spiro atoms. The topological polar surface area (TPSA) is 104 Å². The molecule has 0 aliphatic heterocycles. The molecule has 1 aromatic carbocycles. The average Bonchev–Trinajstić information content (AvgIpc) is 2.69. The van der Waals surface area contributed by atoms with Gasteiger partial charge >= 0.3 is 0 Å². The van der Waals surface area contributed by atoms with Crippen molar-refractivity contribution in [2.75, 3.05) is 17.6 Å². The highest BCUT2D eigenvalue weighted by Crippen LogP contribution is 2.14. The van der Waals surface area contributed by atoms with E-state index in [4.69, 9.17) is 19.5 Å². The lowest BCUT2D eigenvalue weighted by molar-refractivity contribution is -0.0000188. The monoisotopic (exact) mass is 745 g/mol. The SMILES string of the molecule is CC(C)CCI.CCC[C@H](C)O.C[C@H](O)CCO.Cc1ccc(S(=O)(=O)OCCC(C)C)cc1.[I-]. The summed E-state index contributed by atoms with van der Waals surface area (Å²) in [4.78, 5) is 0.224. The number of alkyl halides is 1. The van der Waals surface area contributed by atoms with E-state index in [9.17, 15) is 8.42 Å². The number of benzene rings is 1. The second-order valence-electron chi connectivity index (χ2n) is 9.14. The molecule has 0 aromatic heterocycles. The summed E-state index contributed by atoms with van der Waals surface area (Å²) in [6, 6.07) is 6.66. The zero-order valence-electron chi connectivity index (χ0n) is 23.0. The first-order valence-corrected chi connectivity index (χ1v) is 15.2. The third kappa shape index (κ3) is 34.5. The molecule has 6 nitrogen and oxygen atoms in total. The third-order valence-electron chi connectivity index (χ3n) is 4.18. The van der Waals surface area contributed by atoms with Crippen LogP contribution < -0.4 is 24.0 Å². The van der Waals surface area contributed by atoms with Crippen LogP contribution in [0.5, 0.6) is 0 Å². The first-order chi connectivity index (χ1) is 15.7. The Morgan fingerprint density at radius 2 is 1.31 bits per heavy atom. The molecule has 0 fully saturated rings. The summed E-state index contributed by atoms with van der Waals surface area (Å²) in [6.45, 7) is 16.3. The quantitative estimate of drug-likeness (QED) is 0.183. The Bertz CT molecular complexity index is 625. The van der Waals surface area contributed by atoms with Crippen LogP contribution in [-0.4, -0.2) is 53.6 Å². The molecular weight excluding hydrogens is 694 g/mol. The van der Waals surface area contributed by atoms with Crippen LogP contribution in [0.3, 0.4) is 0 Å². The number of rotatable bonds is 11. The fraction of sp³-hybridized carbons (Fsp3) is 0.769. The number of aliphatic hydroxyl groups is 3. The summed E-state index contributed by atoms with van der Waals surface area (Å²) in [5.74, 6) is 1.33. The summed E-state index contributed by atoms with van der Waals surface area (Å²) in [5.41, 5.74) is 1.03. The predicted molar refractivity (Wildman–Crippen MR) is 152 cm³/mol. The van der Waals surface area contributed by atoms with Gasteiger partial charge in [-0.15, -0.1) is 0 Å². The standard InChI is InChI=1S/C12H18O3S.C5H11I.C5H12O.C4H10O2.HI/c1-10(2)8-9-15-16(13,14)12-6-4-11(3)5-7-12;1-5(2)3-4-6;1-3-4-5(2)6;1-4(6)2-3-5;/h4-7,10H,8-9H2,1-3H3;5H,3-4H2,1-2H3;5-6H,3-4H2,1-2H3;4-6H,2-3H2,1H3;1H/p-1/t;;5-;4-;/m..00./s1. The summed E-state index contributed by atoms with van der Waals surface area (Å²) in [7, 11) is -3.57. The number of aliphatic hydroxyl groups excluding tert-OH is 3. The van der Waals surface area contributed by atoms with Gasteiger partial charge in [-0.3, -0.25) is 4.18 Å². The van der Waals surface area contributed by atoms with Gasteiger partial charge in [0.25, 0.3) is 10.1 Å². The molecule has 0 heterocycles. The number of halogens is 2. The van der Waals surface area contributed by atoms with Crippen molar-refractivity contribution in [1.82, 2.24) is 0 Å². The normalized spacial score (nSPS) is 12.2. The molecule has 35 heavy (non-hydrogen) atoms. The lowest BCUT2D eigenvalue weighted by Gasteiger charge is -2.07. The Morgan fingerprint density at radius 3 is 1.54 bits per heavy atom. The molecule has 0 saturated heterocycles. The second-order valence-corrected chi connectivity index (χ2v) is 11.8. The highest BCUT2D eigenvalue weighted by Gasteiger charge is 2.14. The van der Waals surface area contributed by atoms with Gasteiger partial charge in [0.05, 0.1) is 23.7 Å². The molecule has 0 bridgehead atoms. The maximum Gasteiger partial charge on any atom is 0.296 e. The third-order valence-corrected chi connectivity index (χ3v) is 6.13. The first kappa shape index (κ1) is 42.6. The Hall–Kier alpha value is 0.470. The Morgan fingerprint density at radius 1 is 0.857 bits per heavy atom. The van der Waals surface area contributed by atoms with Crippen molar-refractivity contribution < 1.29 is 51.9 Å². The minimum atomic E-state index is -3.57. The van der Waals surface area contributed by atoms with Crippen LogP contribution in [0.25, 0.3) is 0 Å². The Kier molecular flexibility index (Phi) is 33.4. The van der Waals surface area contributed by atoms with Crippen LogP contribution in [0, 0.1) is 18.8 Å². The summed E-state index contributed by atoms with van der Waals surface area (Å²) in [6.07, 6.45) is 4.15. The van der Waals surface area contributed by atoms with Crippen molar-refractivity contribution in [3.63, 3.8) is 0 Å². The van der Waals surface area contributed by atoms with Crippen LogP contribution in [0.15, 0.2) is 29.2 Å². The first-order valence-electron chi connectivity index (χ1n) is 12.2. The fourth-order valence-corrected chi connectivity index (χ4v) is 4.16. The van der Waals surface area contributed by atoms with Gasteiger partial charge in [-0.2, -0.15) is 8.42 Å².